The molecule has 0 fully saturated rings. The lowest BCUT2D eigenvalue weighted by atomic mass is 10.1. The molecule has 0 heterocycles. The number of phenols is 1. The van der Waals surface area contributed by atoms with Gasteiger partial charge in [0.1, 0.15) is 11.6 Å². The van der Waals surface area contributed by atoms with Crippen molar-refractivity contribution in [2.24, 2.45) is 0 Å². The quantitative estimate of drug-likeness (QED) is 0.814. The van der Waals surface area contributed by atoms with E-state index in [4.69, 9.17) is 0 Å². The molecule has 4 heteroatoms. The first-order valence-corrected chi connectivity index (χ1v) is 6.74. The zero-order valence-electron chi connectivity index (χ0n) is 10.8. The summed E-state index contributed by atoms with van der Waals surface area (Å²) in [6.07, 6.45) is 0. The van der Waals surface area contributed by atoms with Crippen LogP contribution in [0, 0.1) is 19.7 Å². The lowest BCUT2D eigenvalue weighted by Gasteiger charge is -2.12. The van der Waals surface area contributed by atoms with E-state index in [1.54, 1.807) is 18.2 Å². The summed E-state index contributed by atoms with van der Waals surface area (Å²) in [6, 6.07) is 8.44. The van der Waals surface area contributed by atoms with E-state index < -0.39 is 0 Å². The van der Waals surface area contributed by atoms with Gasteiger partial charge in [-0.25, -0.2) is 4.39 Å². The first-order chi connectivity index (χ1) is 8.97. The van der Waals surface area contributed by atoms with Crippen LogP contribution in [-0.4, -0.2) is 5.11 Å². The molecule has 2 aromatic carbocycles. The molecule has 2 aromatic rings. The van der Waals surface area contributed by atoms with Gasteiger partial charge >= 0.3 is 0 Å². The highest BCUT2D eigenvalue weighted by atomic mass is 79.9. The molecule has 0 aromatic heterocycles. The first kappa shape index (κ1) is 13.9. The van der Waals surface area contributed by atoms with E-state index in [0.29, 0.717) is 12.1 Å². The van der Waals surface area contributed by atoms with Crippen LogP contribution in [0.3, 0.4) is 0 Å². The molecule has 2 nitrogen and oxygen atoms in total. The molecule has 0 atom stereocenters. The van der Waals surface area contributed by atoms with Crippen LogP contribution in [0.25, 0.3) is 0 Å². The third kappa shape index (κ3) is 3.26. The van der Waals surface area contributed by atoms with Crippen molar-refractivity contribution in [1.82, 2.24) is 0 Å². The Kier molecular flexibility index (Phi) is 4.10. The van der Waals surface area contributed by atoms with Gasteiger partial charge in [0.2, 0.25) is 0 Å². The Balaban J connectivity index is 2.19. The number of halogens is 2. The lowest BCUT2D eigenvalue weighted by molar-refractivity contribution is 0.471. The second kappa shape index (κ2) is 5.61. The van der Waals surface area contributed by atoms with Gasteiger partial charge in [-0.2, -0.15) is 0 Å². The lowest BCUT2D eigenvalue weighted by Crippen LogP contribution is -2.03. The highest BCUT2D eigenvalue weighted by Gasteiger charge is 2.06. The highest BCUT2D eigenvalue weighted by molar-refractivity contribution is 9.10. The van der Waals surface area contributed by atoms with Crippen LogP contribution in [0.5, 0.6) is 5.75 Å². The normalized spacial score (nSPS) is 10.5. The van der Waals surface area contributed by atoms with Crippen LogP contribution in [0.4, 0.5) is 10.1 Å². The molecule has 2 rings (SSSR count). The van der Waals surface area contributed by atoms with Crippen molar-refractivity contribution >= 4 is 21.6 Å². The van der Waals surface area contributed by atoms with Crippen LogP contribution in [-0.2, 0) is 6.54 Å². The van der Waals surface area contributed by atoms with Gasteiger partial charge in [0.05, 0.1) is 0 Å². The summed E-state index contributed by atoms with van der Waals surface area (Å²) in [4.78, 5) is 0. The van der Waals surface area contributed by atoms with E-state index in [1.807, 2.05) is 19.9 Å². The van der Waals surface area contributed by atoms with Crippen LogP contribution < -0.4 is 5.32 Å². The summed E-state index contributed by atoms with van der Waals surface area (Å²) in [5, 5.41) is 12.8. The molecule has 0 spiro atoms. The topological polar surface area (TPSA) is 32.3 Å². The van der Waals surface area contributed by atoms with Crippen LogP contribution in [0.15, 0.2) is 34.8 Å². The Labute approximate surface area is 120 Å². The van der Waals surface area contributed by atoms with Crippen LogP contribution in [0.1, 0.15) is 16.7 Å². The Morgan fingerprint density at radius 2 is 1.89 bits per heavy atom. The van der Waals surface area contributed by atoms with E-state index in [9.17, 15) is 9.50 Å². The number of benzene rings is 2. The molecule has 2 N–H and O–H groups in total. The molecule has 0 aliphatic carbocycles. The Bertz CT molecular complexity index is 613. The predicted molar refractivity (Wildman–Crippen MR) is 79.0 cm³/mol. The molecule has 100 valence electrons. The molecule has 0 aliphatic rings. The minimum absolute atomic E-state index is 0.233. The Hall–Kier alpha value is -1.55. The molecule has 0 unspecified atom stereocenters. The largest absolute Gasteiger partial charge is 0.508 e. The van der Waals surface area contributed by atoms with Crippen molar-refractivity contribution in [2.45, 2.75) is 20.4 Å². The monoisotopic (exact) mass is 323 g/mol. The molecular weight excluding hydrogens is 309 g/mol. The second-order valence-corrected chi connectivity index (χ2v) is 5.46. The maximum atomic E-state index is 13.6. The third-order valence-electron chi connectivity index (χ3n) is 3.02. The summed E-state index contributed by atoms with van der Waals surface area (Å²) in [6.45, 7) is 4.13. The van der Waals surface area contributed by atoms with Crippen molar-refractivity contribution in [3.63, 3.8) is 0 Å². The van der Waals surface area contributed by atoms with E-state index >= 15 is 0 Å². The van der Waals surface area contributed by atoms with Crippen molar-refractivity contribution in [3.8, 4) is 5.75 Å². The fourth-order valence-corrected chi connectivity index (χ4v) is 2.27. The average molecular weight is 324 g/mol. The molecule has 0 saturated carbocycles. The predicted octanol–water partition coefficient (Wildman–Crippen LogP) is 4.52. The van der Waals surface area contributed by atoms with Crippen molar-refractivity contribution in [1.29, 1.82) is 0 Å². The number of aryl methyl sites for hydroxylation is 2. The Morgan fingerprint density at radius 3 is 2.63 bits per heavy atom. The van der Waals surface area contributed by atoms with Crippen molar-refractivity contribution in [3.05, 3.63) is 57.3 Å². The number of hydrogen-bond acceptors (Lipinski definition) is 2. The van der Waals surface area contributed by atoms with Gasteiger partial charge in [-0.3, -0.25) is 0 Å². The fourth-order valence-electron chi connectivity index (χ4n) is 1.86. The molecule has 19 heavy (non-hydrogen) atoms. The SMILES string of the molecule is Cc1cc(NCc2cc(Br)ccc2F)c(C)cc1O. The standard InChI is InChI=1S/C15H15BrFNO/c1-9-6-15(19)10(2)5-14(9)18-8-11-7-12(16)3-4-13(11)17/h3-7,18-19H,8H2,1-2H3. The minimum Gasteiger partial charge on any atom is -0.508 e. The van der Waals surface area contributed by atoms with Gasteiger partial charge in [0.25, 0.3) is 0 Å². The molecule has 0 radical (unpaired) electrons. The van der Waals surface area contributed by atoms with Gasteiger partial charge in [-0.1, -0.05) is 15.9 Å². The maximum Gasteiger partial charge on any atom is 0.128 e. The number of phenolic OH excluding ortho intramolecular Hbond substituents is 1. The van der Waals surface area contributed by atoms with E-state index in [-0.39, 0.29) is 11.6 Å². The van der Waals surface area contributed by atoms with E-state index in [0.717, 1.165) is 21.3 Å². The van der Waals surface area contributed by atoms with Crippen molar-refractivity contribution < 1.29 is 9.50 Å². The van der Waals surface area contributed by atoms with Gasteiger partial charge in [0, 0.05) is 22.3 Å². The summed E-state index contributed by atoms with van der Waals surface area (Å²) in [7, 11) is 0. The van der Waals surface area contributed by atoms with Gasteiger partial charge in [-0.15, -0.1) is 0 Å². The summed E-state index contributed by atoms with van der Waals surface area (Å²) in [5.74, 6) is 0.0422. The summed E-state index contributed by atoms with van der Waals surface area (Å²) < 4.78 is 14.5. The zero-order chi connectivity index (χ0) is 14.0. The van der Waals surface area contributed by atoms with Gasteiger partial charge < -0.3 is 10.4 Å². The Morgan fingerprint density at radius 1 is 1.16 bits per heavy atom. The number of aromatic hydroxyl groups is 1. The number of rotatable bonds is 3. The van der Waals surface area contributed by atoms with Gasteiger partial charge in [-0.05, 0) is 55.3 Å². The number of hydrogen-bond donors (Lipinski definition) is 2. The smallest absolute Gasteiger partial charge is 0.128 e. The average Bonchev–Trinajstić information content (AvgIpc) is 2.36. The zero-order valence-corrected chi connectivity index (χ0v) is 12.4. The fraction of sp³-hybridized carbons (Fsp3) is 0.200. The molecule has 0 saturated heterocycles. The molecule has 0 bridgehead atoms. The summed E-state index contributed by atoms with van der Waals surface area (Å²) in [5.41, 5.74) is 3.22. The van der Waals surface area contributed by atoms with E-state index in [1.165, 1.54) is 6.07 Å². The minimum atomic E-state index is -0.233. The molecule has 0 amide bonds. The van der Waals surface area contributed by atoms with Crippen LogP contribution in [0.2, 0.25) is 0 Å². The molecule has 0 aliphatic heterocycles. The maximum absolute atomic E-state index is 13.6. The molecular formula is C15H15BrFNO. The first-order valence-electron chi connectivity index (χ1n) is 5.95. The van der Waals surface area contributed by atoms with Gasteiger partial charge in [0.15, 0.2) is 0 Å². The second-order valence-electron chi connectivity index (χ2n) is 4.54. The summed E-state index contributed by atoms with van der Waals surface area (Å²) >= 11 is 3.33. The number of anilines is 1. The van der Waals surface area contributed by atoms with Crippen LogP contribution >= 0.6 is 15.9 Å². The number of nitrogens with one attached hydrogen (secondary N) is 1. The van der Waals surface area contributed by atoms with Crippen molar-refractivity contribution in [2.75, 3.05) is 5.32 Å². The van der Waals surface area contributed by atoms with E-state index in [2.05, 4.69) is 21.2 Å². The third-order valence-corrected chi connectivity index (χ3v) is 3.51. The highest BCUT2D eigenvalue weighted by Crippen LogP contribution is 2.26.